The average Bonchev–Trinajstić information content (AvgIpc) is 2.04. The van der Waals surface area contributed by atoms with Crippen molar-refractivity contribution in [3.05, 3.63) is 0 Å². The van der Waals surface area contributed by atoms with Crippen LogP contribution in [-0.4, -0.2) is 35.2 Å². The number of nitrogens with one attached hydrogen (secondary N) is 2. The summed E-state index contributed by atoms with van der Waals surface area (Å²) >= 11 is 0. The van der Waals surface area contributed by atoms with E-state index in [-0.39, 0.29) is 4.86 Å². The van der Waals surface area contributed by atoms with Gasteiger partial charge in [-0.2, -0.15) is 10.5 Å². The Morgan fingerprint density at radius 2 is 1.29 bits per heavy atom. The van der Waals surface area contributed by atoms with Crippen LogP contribution in [-0.2, 0) is 9.59 Å². The van der Waals surface area contributed by atoms with Gasteiger partial charge in [0.25, 0.3) is 11.8 Å². The van der Waals surface area contributed by atoms with Gasteiger partial charge in [-0.25, -0.2) is 4.79 Å². The van der Waals surface area contributed by atoms with Crippen LogP contribution < -0.4 is 10.6 Å². The largest absolute Gasteiger partial charge is 0.328 e. The fraction of sp³-hybridized carbons (Fsp3) is 0.500. The van der Waals surface area contributed by atoms with Crippen LogP contribution in [0.2, 0.25) is 0 Å². The maximum Gasteiger partial charge on any atom is 0.328 e. The number of hydrogen-bond donors (Lipinski definition) is 2. The summed E-state index contributed by atoms with van der Waals surface area (Å²) < 4.78 is 0. The second kappa shape index (κ2) is 5.54. The van der Waals surface area contributed by atoms with Crippen LogP contribution in [0.3, 0.4) is 0 Å². The van der Waals surface area contributed by atoms with Crippen LogP contribution in [0.15, 0.2) is 0 Å². The third kappa shape index (κ3) is 2.95. The molecule has 0 radical (unpaired) electrons. The van der Waals surface area contributed by atoms with Gasteiger partial charge >= 0.3 is 6.03 Å². The highest BCUT2D eigenvalue weighted by Crippen LogP contribution is 2.05. The molecule has 0 aromatic rings. The predicted octanol–water partition coefficient (Wildman–Crippen LogP) is 0.0795. The predicted molar refractivity (Wildman–Crippen MR) is 57.5 cm³/mol. The molecule has 1 fully saturated rings. The van der Waals surface area contributed by atoms with Gasteiger partial charge in [0.1, 0.15) is 4.86 Å². The first-order valence-corrected chi connectivity index (χ1v) is 6.17. The molecule has 14 heavy (non-hydrogen) atoms. The van der Waals surface area contributed by atoms with Crippen molar-refractivity contribution in [1.82, 2.24) is 10.6 Å². The Morgan fingerprint density at radius 1 is 0.929 bits per heavy atom. The molecule has 0 atom stereocenters. The highest BCUT2D eigenvalue weighted by molar-refractivity contribution is 8.16. The monoisotopic (exact) mass is 218 g/mol. The highest BCUT2D eigenvalue weighted by Gasteiger charge is 2.28. The topological polar surface area (TPSA) is 75.3 Å². The second-order valence-electron chi connectivity index (χ2n) is 2.38. The number of hydrogen-bond acceptors (Lipinski definition) is 3. The lowest BCUT2D eigenvalue weighted by atomic mass is 10.3. The molecule has 1 rings (SSSR count). The van der Waals surface area contributed by atoms with Crippen LogP contribution in [0.1, 0.15) is 13.8 Å². The van der Waals surface area contributed by atoms with Crippen molar-refractivity contribution >= 4 is 33.2 Å². The lowest BCUT2D eigenvalue weighted by Crippen LogP contribution is -2.56. The normalized spacial score (nSPS) is 15.8. The van der Waals surface area contributed by atoms with Crippen molar-refractivity contribution in [2.24, 2.45) is 0 Å². The Kier molecular flexibility index (Phi) is 5.07. The van der Waals surface area contributed by atoms with E-state index in [9.17, 15) is 14.4 Å². The molecule has 1 aliphatic rings. The lowest BCUT2D eigenvalue weighted by molar-refractivity contribution is -0.118. The zero-order valence-electron chi connectivity index (χ0n) is 8.63. The molecule has 5 nitrogen and oxygen atoms in total. The summed E-state index contributed by atoms with van der Waals surface area (Å²) in [5.74, 6) is -1.17. The summed E-state index contributed by atoms with van der Waals surface area (Å²) in [7, 11) is -0.437. The van der Waals surface area contributed by atoms with E-state index in [1.165, 1.54) is 0 Å². The SMILES string of the molecule is CC.CS(C)=C1C(=O)NC(=O)NC1=O. The van der Waals surface area contributed by atoms with Crippen LogP contribution in [0.25, 0.3) is 0 Å². The summed E-state index contributed by atoms with van der Waals surface area (Å²) in [6, 6.07) is -0.751. The molecule has 0 aromatic carbocycles. The number of carbonyl (C=O) groups excluding carboxylic acids is 3. The fourth-order valence-corrected chi connectivity index (χ4v) is 1.67. The minimum absolute atomic E-state index is 0.120. The molecular formula is C8H14N2O3S. The zero-order valence-corrected chi connectivity index (χ0v) is 9.45. The van der Waals surface area contributed by atoms with Crippen LogP contribution in [0, 0.1) is 0 Å². The number of rotatable bonds is 0. The van der Waals surface area contributed by atoms with Gasteiger partial charge in [-0.05, 0) is 12.5 Å². The second-order valence-corrected chi connectivity index (χ2v) is 4.42. The average molecular weight is 218 g/mol. The van der Waals surface area contributed by atoms with Gasteiger partial charge in [-0.15, -0.1) is 0 Å². The van der Waals surface area contributed by atoms with E-state index in [2.05, 4.69) is 0 Å². The molecule has 1 aliphatic heterocycles. The van der Waals surface area contributed by atoms with E-state index in [1.807, 2.05) is 24.5 Å². The van der Waals surface area contributed by atoms with E-state index in [4.69, 9.17) is 0 Å². The van der Waals surface area contributed by atoms with Gasteiger partial charge in [0.15, 0.2) is 0 Å². The molecular weight excluding hydrogens is 204 g/mol. The summed E-state index contributed by atoms with van der Waals surface area (Å²) in [4.78, 5) is 32.8. The van der Waals surface area contributed by atoms with Crippen molar-refractivity contribution in [3.8, 4) is 0 Å². The van der Waals surface area contributed by atoms with Gasteiger partial charge < -0.3 is 0 Å². The Hall–Kier alpha value is -1.17. The molecule has 0 aromatic heterocycles. The van der Waals surface area contributed by atoms with Crippen molar-refractivity contribution < 1.29 is 14.4 Å². The van der Waals surface area contributed by atoms with E-state index < -0.39 is 28.3 Å². The van der Waals surface area contributed by atoms with E-state index >= 15 is 0 Å². The summed E-state index contributed by atoms with van der Waals surface area (Å²) in [5, 5.41) is 4.00. The zero-order chi connectivity index (χ0) is 11.3. The smallest absolute Gasteiger partial charge is 0.273 e. The maximum atomic E-state index is 11.0. The maximum absolute atomic E-state index is 11.0. The molecule has 1 heterocycles. The van der Waals surface area contributed by atoms with Gasteiger partial charge in [-0.1, -0.05) is 13.8 Å². The van der Waals surface area contributed by atoms with E-state index in [0.29, 0.717) is 0 Å². The number of amides is 4. The number of barbiturate groups is 1. The minimum atomic E-state index is -0.751. The first-order valence-electron chi connectivity index (χ1n) is 4.13. The first kappa shape index (κ1) is 12.8. The molecule has 0 spiro atoms. The Balaban J connectivity index is 0.000000791. The summed E-state index contributed by atoms with van der Waals surface area (Å²) in [6.07, 6.45) is 3.48. The fourth-order valence-electron chi connectivity index (χ4n) is 0.825. The Labute approximate surface area is 85.2 Å². The van der Waals surface area contributed by atoms with E-state index in [0.717, 1.165) is 0 Å². The van der Waals surface area contributed by atoms with Crippen LogP contribution in [0.5, 0.6) is 0 Å². The summed E-state index contributed by atoms with van der Waals surface area (Å²) in [5.41, 5.74) is 0. The third-order valence-electron chi connectivity index (χ3n) is 1.27. The molecule has 0 bridgehead atoms. The van der Waals surface area contributed by atoms with Gasteiger partial charge in [0, 0.05) is 0 Å². The highest BCUT2D eigenvalue weighted by atomic mass is 32.2. The van der Waals surface area contributed by atoms with Gasteiger partial charge in [0.05, 0.1) is 0 Å². The first-order chi connectivity index (χ1) is 6.52. The van der Waals surface area contributed by atoms with Crippen molar-refractivity contribution in [2.75, 3.05) is 12.5 Å². The molecule has 0 aliphatic carbocycles. The number of imide groups is 2. The Bertz CT molecular complexity index is 284. The molecule has 1 saturated heterocycles. The molecule has 2 N–H and O–H groups in total. The number of carbonyl (C=O) groups is 3. The van der Waals surface area contributed by atoms with Crippen molar-refractivity contribution in [3.63, 3.8) is 0 Å². The standard InChI is InChI=1S/C6H8N2O3S.C2H6/c1-12(2)3-4(9)7-6(11)8-5(3)10;1-2/h1-2H3,(H2,7,8,9,10,11);1-2H3. The molecule has 4 amide bonds. The van der Waals surface area contributed by atoms with Gasteiger partial charge in [0.2, 0.25) is 0 Å². The third-order valence-corrected chi connectivity index (χ3v) is 2.46. The lowest BCUT2D eigenvalue weighted by Gasteiger charge is -2.14. The minimum Gasteiger partial charge on any atom is -0.273 e. The molecule has 80 valence electrons. The molecule has 0 unspecified atom stereocenters. The number of urea groups is 1. The van der Waals surface area contributed by atoms with E-state index in [1.54, 1.807) is 12.5 Å². The Morgan fingerprint density at radius 3 is 1.57 bits per heavy atom. The quantitative estimate of drug-likeness (QED) is 0.565. The van der Waals surface area contributed by atoms with Gasteiger partial charge in [-0.3, -0.25) is 20.2 Å². The summed E-state index contributed by atoms with van der Waals surface area (Å²) in [6.45, 7) is 4.00. The van der Waals surface area contributed by atoms with Crippen molar-refractivity contribution in [1.29, 1.82) is 0 Å². The van der Waals surface area contributed by atoms with Crippen molar-refractivity contribution in [2.45, 2.75) is 13.8 Å². The van der Waals surface area contributed by atoms with Crippen LogP contribution >= 0.6 is 10.5 Å². The molecule has 0 saturated carbocycles. The molecule has 6 heteroatoms. The van der Waals surface area contributed by atoms with Crippen LogP contribution in [0.4, 0.5) is 4.79 Å².